The van der Waals surface area contributed by atoms with Crippen LogP contribution in [0.1, 0.15) is 16.7 Å². The first-order valence-electron chi connectivity index (χ1n) is 6.34. The molecule has 0 aliphatic heterocycles. The van der Waals surface area contributed by atoms with Crippen molar-refractivity contribution >= 4 is 27.5 Å². The van der Waals surface area contributed by atoms with E-state index in [1.807, 2.05) is 43.3 Å². The van der Waals surface area contributed by atoms with Gasteiger partial charge in [-0.2, -0.15) is 0 Å². The first-order valence-corrected chi connectivity index (χ1v) is 7.13. The molecule has 0 spiro atoms. The van der Waals surface area contributed by atoms with Crippen LogP contribution in [0.15, 0.2) is 46.9 Å². The molecule has 0 bridgehead atoms. The van der Waals surface area contributed by atoms with Gasteiger partial charge in [0, 0.05) is 10.2 Å². The van der Waals surface area contributed by atoms with Gasteiger partial charge in [-0.1, -0.05) is 46.3 Å². The number of anilines is 1. The smallest absolute Gasteiger partial charge is 0.228 e. The minimum atomic E-state index is -0.0740. The van der Waals surface area contributed by atoms with E-state index in [1.165, 1.54) is 0 Å². The Kier molecular flexibility index (Phi) is 4.93. The molecule has 2 aromatic carbocycles. The molecular formula is C16H16BrNO2. The van der Waals surface area contributed by atoms with Crippen LogP contribution in [0.3, 0.4) is 0 Å². The Bertz CT molecular complexity index is 626. The highest BCUT2D eigenvalue weighted by Gasteiger charge is 2.08. The molecule has 0 aromatic heterocycles. The summed E-state index contributed by atoms with van der Waals surface area (Å²) >= 11 is 3.43. The summed E-state index contributed by atoms with van der Waals surface area (Å²) in [5.74, 6) is -0.0740. The van der Waals surface area contributed by atoms with Gasteiger partial charge in [0.2, 0.25) is 5.91 Å². The maximum atomic E-state index is 12.1. The van der Waals surface area contributed by atoms with Gasteiger partial charge in [-0.25, -0.2) is 0 Å². The van der Waals surface area contributed by atoms with Crippen molar-refractivity contribution in [3.8, 4) is 0 Å². The zero-order valence-electron chi connectivity index (χ0n) is 11.2. The molecule has 0 saturated carbocycles. The Labute approximate surface area is 126 Å². The van der Waals surface area contributed by atoms with Gasteiger partial charge in [-0.05, 0) is 35.7 Å². The summed E-state index contributed by atoms with van der Waals surface area (Å²) in [6.45, 7) is 1.89. The molecule has 2 aromatic rings. The lowest BCUT2D eigenvalue weighted by Gasteiger charge is -2.10. The summed E-state index contributed by atoms with van der Waals surface area (Å²) in [7, 11) is 0. The second-order valence-electron chi connectivity index (χ2n) is 4.62. The highest BCUT2D eigenvalue weighted by molar-refractivity contribution is 9.10. The maximum Gasteiger partial charge on any atom is 0.228 e. The molecule has 0 aliphatic carbocycles. The third kappa shape index (κ3) is 3.68. The number of carbonyl (C=O) groups excluding carboxylic acids is 1. The fourth-order valence-electron chi connectivity index (χ4n) is 1.91. The number of carbonyl (C=O) groups is 1. The summed E-state index contributed by atoms with van der Waals surface area (Å²) in [6.07, 6.45) is 0.310. The minimum Gasteiger partial charge on any atom is -0.392 e. The standard InChI is InChI=1S/C16H16BrNO2/c1-11-6-7-12(10-19)8-15(11)18-16(20)9-13-4-2-3-5-14(13)17/h2-8,19H,9-10H2,1H3,(H,18,20). The first kappa shape index (κ1) is 14.8. The van der Waals surface area contributed by atoms with E-state index in [0.29, 0.717) is 6.42 Å². The quantitative estimate of drug-likeness (QED) is 0.900. The molecule has 104 valence electrons. The van der Waals surface area contributed by atoms with Crippen molar-refractivity contribution in [3.63, 3.8) is 0 Å². The highest BCUT2D eigenvalue weighted by atomic mass is 79.9. The number of amides is 1. The summed E-state index contributed by atoms with van der Waals surface area (Å²) < 4.78 is 0.927. The van der Waals surface area contributed by atoms with Crippen molar-refractivity contribution in [2.24, 2.45) is 0 Å². The molecular weight excluding hydrogens is 318 g/mol. The Morgan fingerprint density at radius 3 is 2.70 bits per heavy atom. The average Bonchev–Trinajstić information content (AvgIpc) is 2.44. The molecule has 0 saturated heterocycles. The lowest BCUT2D eigenvalue weighted by Crippen LogP contribution is -2.15. The van der Waals surface area contributed by atoms with Crippen LogP contribution in [0.2, 0.25) is 0 Å². The Morgan fingerprint density at radius 2 is 2.00 bits per heavy atom. The maximum absolute atomic E-state index is 12.1. The van der Waals surface area contributed by atoms with E-state index in [-0.39, 0.29) is 12.5 Å². The number of benzene rings is 2. The van der Waals surface area contributed by atoms with Crippen LogP contribution in [-0.2, 0) is 17.8 Å². The van der Waals surface area contributed by atoms with Crippen LogP contribution in [0.4, 0.5) is 5.69 Å². The molecule has 2 N–H and O–H groups in total. The van der Waals surface area contributed by atoms with Gasteiger partial charge in [0.25, 0.3) is 0 Å². The molecule has 4 heteroatoms. The van der Waals surface area contributed by atoms with Crippen LogP contribution >= 0.6 is 15.9 Å². The lowest BCUT2D eigenvalue weighted by molar-refractivity contribution is -0.115. The molecule has 0 radical (unpaired) electrons. The van der Waals surface area contributed by atoms with E-state index < -0.39 is 0 Å². The molecule has 0 fully saturated rings. The monoisotopic (exact) mass is 333 g/mol. The van der Waals surface area contributed by atoms with Crippen LogP contribution in [-0.4, -0.2) is 11.0 Å². The van der Waals surface area contributed by atoms with Gasteiger partial charge >= 0.3 is 0 Å². The van der Waals surface area contributed by atoms with E-state index >= 15 is 0 Å². The lowest BCUT2D eigenvalue weighted by atomic mass is 10.1. The SMILES string of the molecule is Cc1ccc(CO)cc1NC(=O)Cc1ccccc1Br. The van der Waals surface area contributed by atoms with E-state index in [1.54, 1.807) is 6.07 Å². The summed E-state index contributed by atoms with van der Waals surface area (Å²) in [5.41, 5.74) is 3.45. The zero-order chi connectivity index (χ0) is 14.5. The summed E-state index contributed by atoms with van der Waals surface area (Å²) in [6, 6.07) is 13.2. The molecule has 20 heavy (non-hydrogen) atoms. The van der Waals surface area contributed by atoms with Crippen LogP contribution in [0.25, 0.3) is 0 Å². The Hall–Kier alpha value is -1.65. The fourth-order valence-corrected chi connectivity index (χ4v) is 2.34. The van der Waals surface area contributed by atoms with Gasteiger partial charge in [-0.3, -0.25) is 4.79 Å². The number of nitrogens with one attached hydrogen (secondary N) is 1. The molecule has 1 amide bonds. The second-order valence-corrected chi connectivity index (χ2v) is 5.48. The largest absolute Gasteiger partial charge is 0.392 e. The minimum absolute atomic E-state index is 0.0343. The number of aliphatic hydroxyl groups is 1. The van der Waals surface area contributed by atoms with E-state index in [0.717, 1.165) is 26.9 Å². The topological polar surface area (TPSA) is 49.3 Å². The van der Waals surface area contributed by atoms with Gasteiger partial charge in [-0.15, -0.1) is 0 Å². The van der Waals surface area contributed by atoms with Crippen LogP contribution in [0, 0.1) is 6.92 Å². The Balaban J connectivity index is 2.10. The van der Waals surface area contributed by atoms with E-state index in [2.05, 4.69) is 21.2 Å². The van der Waals surface area contributed by atoms with Gasteiger partial charge in [0.05, 0.1) is 13.0 Å². The van der Waals surface area contributed by atoms with Crippen molar-refractivity contribution in [2.45, 2.75) is 20.0 Å². The van der Waals surface area contributed by atoms with Crippen LogP contribution < -0.4 is 5.32 Å². The zero-order valence-corrected chi connectivity index (χ0v) is 12.8. The molecule has 2 rings (SSSR count). The molecule has 0 unspecified atom stereocenters. The summed E-state index contributed by atoms with van der Waals surface area (Å²) in [4.78, 5) is 12.1. The van der Waals surface area contributed by atoms with Crippen molar-refractivity contribution in [3.05, 3.63) is 63.6 Å². The first-order chi connectivity index (χ1) is 9.60. The molecule has 0 atom stereocenters. The van der Waals surface area contributed by atoms with Gasteiger partial charge in [0.1, 0.15) is 0 Å². The van der Waals surface area contributed by atoms with E-state index in [9.17, 15) is 4.79 Å². The Morgan fingerprint density at radius 1 is 1.25 bits per heavy atom. The van der Waals surface area contributed by atoms with E-state index in [4.69, 9.17) is 5.11 Å². The molecule has 0 aliphatic rings. The second kappa shape index (κ2) is 6.68. The number of halogens is 1. The predicted molar refractivity (Wildman–Crippen MR) is 83.6 cm³/mol. The average molecular weight is 334 g/mol. The van der Waals surface area contributed by atoms with Crippen LogP contribution in [0.5, 0.6) is 0 Å². The van der Waals surface area contributed by atoms with Gasteiger partial charge in [0.15, 0.2) is 0 Å². The number of aliphatic hydroxyl groups excluding tert-OH is 1. The molecule has 0 heterocycles. The fraction of sp³-hybridized carbons (Fsp3) is 0.188. The third-order valence-corrected chi connectivity index (χ3v) is 3.84. The van der Waals surface area contributed by atoms with Crippen molar-refractivity contribution in [1.82, 2.24) is 0 Å². The predicted octanol–water partition coefficient (Wildman–Crippen LogP) is 3.43. The highest BCUT2D eigenvalue weighted by Crippen LogP contribution is 2.19. The van der Waals surface area contributed by atoms with Crippen molar-refractivity contribution in [2.75, 3.05) is 5.32 Å². The number of hydrogen-bond acceptors (Lipinski definition) is 2. The number of aryl methyl sites for hydroxylation is 1. The van der Waals surface area contributed by atoms with Gasteiger partial charge < -0.3 is 10.4 Å². The normalized spacial score (nSPS) is 10.3. The van der Waals surface area contributed by atoms with Crippen molar-refractivity contribution < 1.29 is 9.90 Å². The number of hydrogen-bond donors (Lipinski definition) is 2. The van der Waals surface area contributed by atoms with Crippen molar-refractivity contribution in [1.29, 1.82) is 0 Å². The number of rotatable bonds is 4. The molecule has 3 nitrogen and oxygen atoms in total. The third-order valence-electron chi connectivity index (χ3n) is 3.07. The summed E-state index contributed by atoms with van der Waals surface area (Å²) in [5, 5.41) is 12.0.